The molecular formula is C20H19ClN2O3S. The highest BCUT2D eigenvalue weighted by molar-refractivity contribution is 7.21. The summed E-state index contributed by atoms with van der Waals surface area (Å²) in [7, 11) is 0. The van der Waals surface area contributed by atoms with Crippen molar-refractivity contribution in [3.63, 3.8) is 0 Å². The number of carbonyl (C=O) groups is 2. The van der Waals surface area contributed by atoms with Gasteiger partial charge in [0, 0.05) is 10.1 Å². The van der Waals surface area contributed by atoms with Crippen LogP contribution < -0.4 is 15.6 Å². The molecular weight excluding hydrogens is 384 g/mol. The Bertz CT molecular complexity index is 969. The molecule has 2 aromatic carbocycles. The highest BCUT2D eigenvalue weighted by atomic mass is 35.5. The Morgan fingerprint density at radius 3 is 2.48 bits per heavy atom. The summed E-state index contributed by atoms with van der Waals surface area (Å²) < 4.78 is 6.61. The molecule has 0 aliphatic heterocycles. The number of hydrogen-bond donors (Lipinski definition) is 2. The van der Waals surface area contributed by atoms with Gasteiger partial charge < -0.3 is 4.74 Å². The molecule has 140 valence electrons. The number of carbonyl (C=O) groups excluding carboxylic acids is 2. The third-order valence-electron chi connectivity index (χ3n) is 4.00. The Morgan fingerprint density at radius 1 is 1.11 bits per heavy atom. The highest BCUT2D eigenvalue weighted by Crippen LogP contribution is 2.34. The lowest BCUT2D eigenvalue weighted by molar-refractivity contribution is -0.128. The van der Waals surface area contributed by atoms with Crippen molar-refractivity contribution in [3.8, 4) is 5.75 Å². The molecule has 2 amide bonds. The van der Waals surface area contributed by atoms with Crippen molar-refractivity contribution in [1.29, 1.82) is 0 Å². The van der Waals surface area contributed by atoms with Gasteiger partial charge in [0.2, 0.25) is 0 Å². The normalized spacial score (nSPS) is 11.8. The number of amides is 2. The molecule has 0 fully saturated rings. The van der Waals surface area contributed by atoms with Crippen LogP contribution in [0.2, 0.25) is 5.02 Å². The Balaban J connectivity index is 1.63. The van der Waals surface area contributed by atoms with Crippen LogP contribution in [0.1, 0.15) is 28.6 Å². The van der Waals surface area contributed by atoms with Gasteiger partial charge in [0.25, 0.3) is 11.8 Å². The number of hydrazine groups is 1. The van der Waals surface area contributed by atoms with Crippen LogP contribution in [0.15, 0.2) is 48.5 Å². The Hall–Kier alpha value is -2.57. The lowest BCUT2D eigenvalue weighted by Crippen LogP contribution is -2.47. The van der Waals surface area contributed by atoms with Crippen molar-refractivity contribution >= 4 is 44.8 Å². The maximum atomic E-state index is 12.4. The molecule has 27 heavy (non-hydrogen) atoms. The molecule has 5 nitrogen and oxygen atoms in total. The van der Waals surface area contributed by atoms with Crippen molar-refractivity contribution in [1.82, 2.24) is 10.9 Å². The standard InChI is InChI=1S/C20H19ClN2O3S/c1-3-15(26-13-10-8-12(2)9-11-13)19(24)22-23-20(25)18-17(21)14-6-4-5-7-16(14)27-18/h4-11,15H,3H2,1-2H3,(H,22,24)(H,23,25)/t15-/m0/s1. The third kappa shape index (κ3) is 4.40. The number of ether oxygens (including phenoxy) is 1. The number of hydrogen-bond acceptors (Lipinski definition) is 4. The van der Waals surface area contributed by atoms with E-state index in [2.05, 4.69) is 10.9 Å². The average Bonchev–Trinajstić information content (AvgIpc) is 3.02. The van der Waals surface area contributed by atoms with E-state index in [1.807, 2.05) is 50.2 Å². The summed E-state index contributed by atoms with van der Waals surface area (Å²) in [6.07, 6.45) is -0.259. The van der Waals surface area contributed by atoms with Gasteiger partial charge in [0.05, 0.1) is 5.02 Å². The van der Waals surface area contributed by atoms with E-state index in [-0.39, 0.29) is 0 Å². The molecule has 0 aliphatic rings. The number of rotatable bonds is 5. The molecule has 0 spiro atoms. The smallest absolute Gasteiger partial charge is 0.281 e. The summed E-state index contributed by atoms with van der Waals surface area (Å²) in [5, 5.41) is 1.19. The number of halogens is 1. The highest BCUT2D eigenvalue weighted by Gasteiger charge is 2.21. The van der Waals surface area contributed by atoms with Crippen LogP contribution in [-0.4, -0.2) is 17.9 Å². The summed E-state index contributed by atoms with van der Waals surface area (Å²) in [6.45, 7) is 3.81. The Kier molecular flexibility index (Phi) is 5.98. The first-order chi connectivity index (χ1) is 13.0. The topological polar surface area (TPSA) is 67.4 Å². The lowest BCUT2D eigenvalue weighted by Gasteiger charge is -2.17. The van der Waals surface area contributed by atoms with Crippen molar-refractivity contribution in [2.75, 3.05) is 0 Å². The van der Waals surface area contributed by atoms with Crippen LogP contribution in [0.25, 0.3) is 10.1 Å². The van der Waals surface area contributed by atoms with Crippen LogP contribution in [-0.2, 0) is 4.79 Å². The molecule has 3 aromatic rings. The minimum Gasteiger partial charge on any atom is -0.481 e. The van der Waals surface area contributed by atoms with Gasteiger partial charge in [0.1, 0.15) is 10.6 Å². The van der Waals surface area contributed by atoms with Crippen LogP contribution in [0.3, 0.4) is 0 Å². The van der Waals surface area contributed by atoms with Gasteiger partial charge in [-0.15, -0.1) is 11.3 Å². The molecule has 7 heteroatoms. The number of nitrogens with one attached hydrogen (secondary N) is 2. The van der Waals surface area contributed by atoms with E-state index in [0.29, 0.717) is 22.1 Å². The largest absolute Gasteiger partial charge is 0.481 e. The molecule has 0 saturated heterocycles. The number of fused-ring (bicyclic) bond motifs is 1. The Morgan fingerprint density at radius 2 is 1.81 bits per heavy atom. The molecule has 0 radical (unpaired) electrons. The monoisotopic (exact) mass is 402 g/mol. The zero-order valence-corrected chi connectivity index (χ0v) is 16.5. The molecule has 1 heterocycles. The summed E-state index contributed by atoms with van der Waals surface area (Å²) in [5.74, 6) is -0.287. The van der Waals surface area contributed by atoms with Gasteiger partial charge in [-0.25, -0.2) is 0 Å². The number of thiophene rings is 1. The second kappa shape index (κ2) is 8.41. The third-order valence-corrected chi connectivity index (χ3v) is 5.68. The van der Waals surface area contributed by atoms with E-state index >= 15 is 0 Å². The van der Waals surface area contributed by atoms with E-state index in [4.69, 9.17) is 16.3 Å². The molecule has 0 aliphatic carbocycles. The van der Waals surface area contributed by atoms with Crippen molar-refractivity contribution in [3.05, 3.63) is 64.0 Å². The van der Waals surface area contributed by atoms with Gasteiger partial charge in [-0.1, -0.05) is 54.4 Å². The Labute approximate surface area is 166 Å². The van der Waals surface area contributed by atoms with Crippen LogP contribution in [0.5, 0.6) is 5.75 Å². The number of aryl methyl sites for hydroxylation is 1. The predicted molar refractivity (Wildman–Crippen MR) is 108 cm³/mol. The minimum atomic E-state index is -0.717. The summed E-state index contributed by atoms with van der Waals surface area (Å²) >= 11 is 7.56. The van der Waals surface area contributed by atoms with Crippen molar-refractivity contribution in [2.45, 2.75) is 26.4 Å². The fraction of sp³-hybridized carbons (Fsp3) is 0.200. The molecule has 0 bridgehead atoms. The quantitative estimate of drug-likeness (QED) is 0.618. The van der Waals surface area contributed by atoms with Gasteiger partial charge in [-0.3, -0.25) is 20.4 Å². The van der Waals surface area contributed by atoms with E-state index in [1.54, 1.807) is 12.1 Å². The number of benzene rings is 2. The molecule has 3 rings (SSSR count). The predicted octanol–water partition coefficient (Wildman–Crippen LogP) is 4.48. The zero-order valence-electron chi connectivity index (χ0n) is 14.9. The average molecular weight is 403 g/mol. The van der Waals surface area contributed by atoms with Gasteiger partial charge in [-0.05, 0) is 31.5 Å². The molecule has 1 atom stereocenters. The van der Waals surface area contributed by atoms with Crippen LogP contribution >= 0.6 is 22.9 Å². The second-order valence-electron chi connectivity index (χ2n) is 6.01. The summed E-state index contributed by atoms with van der Waals surface area (Å²) in [4.78, 5) is 25.1. The second-order valence-corrected chi connectivity index (χ2v) is 7.44. The van der Waals surface area contributed by atoms with Crippen LogP contribution in [0.4, 0.5) is 0 Å². The van der Waals surface area contributed by atoms with E-state index < -0.39 is 17.9 Å². The molecule has 2 N–H and O–H groups in total. The SMILES string of the molecule is CC[C@H](Oc1ccc(C)cc1)C(=O)NNC(=O)c1sc2ccccc2c1Cl. The van der Waals surface area contributed by atoms with Gasteiger partial charge in [0.15, 0.2) is 6.10 Å². The minimum absolute atomic E-state index is 0.352. The van der Waals surface area contributed by atoms with E-state index in [0.717, 1.165) is 15.6 Å². The maximum absolute atomic E-state index is 12.4. The molecule has 1 aromatic heterocycles. The van der Waals surface area contributed by atoms with E-state index in [1.165, 1.54) is 11.3 Å². The van der Waals surface area contributed by atoms with E-state index in [9.17, 15) is 9.59 Å². The fourth-order valence-corrected chi connectivity index (χ4v) is 3.93. The van der Waals surface area contributed by atoms with Gasteiger partial charge >= 0.3 is 0 Å². The summed E-state index contributed by atoms with van der Waals surface area (Å²) in [6, 6.07) is 14.9. The fourth-order valence-electron chi connectivity index (χ4n) is 2.52. The molecule has 0 saturated carbocycles. The van der Waals surface area contributed by atoms with Gasteiger partial charge in [-0.2, -0.15) is 0 Å². The molecule has 0 unspecified atom stereocenters. The zero-order chi connectivity index (χ0) is 19.4. The first kappa shape index (κ1) is 19.2. The summed E-state index contributed by atoms with van der Waals surface area (Å²) in [5.41, 5.74) is 5.94. The first-order valence-corrected chi connectivity index (χ1v) is 9.69. The van der Waals surface area contributed by atoms with Crippen molar-refractivity contribution < 1.29 is 14.3 Å². The first-order valence-electron chi connectivity index (χ1n) is 8.50. The van der Waals surface area contributed by atoms with Crippen molar-refractivity contribution in [2.24, 2.45) is 0 Å². The van der Waals surface area contributed by atoms with Crippen LogP contribution in [0, 0.1) is 6.92 Å². The lowest BCUT2D eigenvalue weighted by atomic mass is 10.2. The maximum Gasteiger partial charge on any atom is 0.281 e.